The molecule has 0 radical (unpaired) electrons. The van der Waals surface area contributed by atoms with Crippen LogP contribution in [0.25, 0.3) is 0 Å². The summed E-state index contributed by atoms with van der Waals surface area (Å²) in [5.74, 6) is 0.215. The third-order valence-corrected chi connectivity index (χ3v) is 5.11. The minimum atomic E-state index is -0.692. The maximum Gasteiger partial charge on any atom is 0.186 e. The van der Waals surface area contributed by atoms with E-state index in [4.69, 9.17) is 11.5 Å². The molecule has 0 aromatic rings. The zero-order valence-electron chi connectivity index (χ0n) is 11.5. The van der Waals surface area contributed by atoms with Gasteiger partial charge in [-0.25, -0.2) is 4.99 Å². The molecule has 5 heteroatoms. The monoisotopic (exact) mass is 263 g/mol. The first-order chi connectivity index (χ1) is 9.12. The number of piperidine rings is 1. The molecule has 1 saturated carbocycles. The Bertz CT molecular complexity index is 387. The van der Waals surface area contributed by atoms with Crippen molar-refractivity contribution >= 4 is 5.84 Å². The summed E-state index contributed by atoms with van der Waals surface area (Å²) in [5.41, 5.74) is 12.7. The van der Waals surface area contributed by atoms with E-state index >= 15 is 0 Å². The topological polar surface area (TPSA) is 88.5 Å². The second-order valence-corrected chi connectivity index (χ2v) is 6.39. The van der Waals surface area contributed by atoms with E-state index in [-0.39, 0.29) is 0 Å². The van der Waals surface area contributed by atoms with E-state index in [2.05, 4.69) is 15.6 Å². The molecule has 5 nitrogen and oxygen atoms in total. The number of amidine groups is 1. The molecule has 1 spiro atoms. The quantitative estimate of drug-likeness (QED) is 0.559. The summed E-state index contributed by atoms with van der Waals surface area (Å²) < 4.78 is 0. The Kier molecular flexibility index (Phi) is 3.27. The standard InChI is InChI=1S/C14H25N5/c15-12-4-9-18-14(16,19-12)11-2-6-13(7-3-11)5-1-8-17-10-13/h4,9,11,17-18H,1-3,5-8,10,16H2,(H2,15,19). The molecule has 1 unspecified atom stereocenters. The van der Waals surface area contributed by atoms with E-state index in [0.29, 0.717) is 17.2 Å². The van der Waals surface area contributed by atoms with Crippen LogP contribution in [-0.4, -0.2) is 24.7 Å². The van der Waals surface area contributed by atoms with E-state index in [1.165, 1.54) is 38.8 Å². The molecule has 0 aromatic carbocycles. The van der Waals surface area contributed by atoms with Gasteiger partial charge in [0.2, 0.25) is 0 Å². The van der Waals surface area contributed by atoms with E-state index in [0.717, 1.165) is 12.8 Å². The van der Waals surface area contributed by atoms with Crippen LogP contribution in [0.15, 0.2) is 17.3 Å². The van der Waals surface area contributed by atoms with Crippen LogP contribution in [0.3, 0.4) is 0 Å². The molecular weight excluding hydrogens is 238 g/mol. The van der Waals surface area contributed by atoms with Crippen molar-refractivity contribution in [2.24, 2.45) is 27.8 Å². The summed E-state index contributed by atoms with van der Waals surface area (Å²) in [6.45, 7) is 2.36. The predicted octanol–water partition coefficient (Wildman–Crippen LogP) is 0.633. The Morgan fingerprint density at radius 2 is 2.05 bits per heavy atom. The minimum absolute atomic E-state index is 0.378. The summed E-state index contributed by atoms with van der Waals surface area (Å²) >= 11 is 0. The van der Waals surface area contributed by atoms with Gasteiger partial charge in [0.15, 0.2) is 5.79 Å². The van der Waals surface area contributed by atoms with Crippen molar-refractivity contribution in [3.8, 4) is 0 Å². The Balaban J connectivity index is 1.65. The lowest BCUT2D eigenvalue weighted by Gasteiger charge is -2.47. The zero-order valence-corrected chi connectivity index (χ0v) is 11.5. The summed E-state index contributed by atoms with van der Waals surface area (Å²) in [4.78, 5) is 4.43. The highest BCUT2D eigenvalue weighted by molar-refractivity contribution is 5.92. The van der Waals surface area contributed by atoms with Crippen molar-refractivity contribution in [2.45, 2.75) is 44.3 Å². The van der Waals surface area contributed by atoms with Crippen LogP contribution in [0.1, 0.15) is 38.5 Å². The number of hydrogen-bond donors (Lipinski definition) is 4. The lowest BCUT2D eigenvalue weighted by Crippen LogP contribution is -2.59. The second kappa shape index (κ2) is 4.80. The average molecular weight is 263 g/mol. The van der Waals surface area contributed by atoms with E-state index in [1.807, 2.05) is 6.20 Å². The fourth-order valence-electron chi connectivity index (χ4n) is 3.88. The van der Waals surface area contributed by atoms with Gasteiger partial charge in [0.25, 0.3) is 0 Å². The Morgan fingerprint density at radius 1 is 1.26 bits per heavy atom. The van der Waals surface area contributed by atoms with Gasteiger partial charge < -0.3 is 16.4 Å². The molecule has 2 heterocycles. The van der Waals surface area contributed by atoms with Crippen molar-refractivity contribution in [1.29, 1.82) is 0 Å². The number of hydrogen-bond acceptors (Lipinski definition) is 5. The van der Waals surface area contributed by atoms with Crippen LogP contribution in [0, 0.1) is 11.3 Å². The number of nitrogens with zero attached hydrogens (tertiary/aromatic N) is 1. The highest BCUT2D eigenvalue weighted by Crippen LogP contribution is 2.45. The van der Waals surface area contributed by atoms with Gasteiger partial charge in [0, 0.05) is 18.7 Å². The van der Waals surface area contributed by atoms with Gasteiger partial charge in [-0.15, -0.1) is 0 Å². The molecule has 0 aromatic heterocycles. The molecule has 1 saturated heterocycles. The molecule has 19 heavy (non-hydrogen) atoms. The van der Waals surface area contributed by atoms with Crippen LogP contribution in [0.5, 0.6) is 0 Å². The normalized spacial score (nSPS) is 42.8. The average Bonchev–Trinajstić information content (AvgIpc) is 2.40. The van der Waals surface area contributed by atoms with Gasteiger partial charge in [-0.2, -0.15) is 0 Å². The SMILES string of the molecule is NC1=NC(N)(C2CCC3(CCCNC3)CC2)NC=C1. The molecule has 2 fully saturated rings. The molecule has 0 amide bonds. The van der Waals surface area contributed by atoms with Gasteiger partial charge in [0.05, 0.1) is 0 Å². The highest BCUT2D eigenvalue weighted by Gasteiger charge is 2.43. The van der Waals surface area contributed by atoms with Crippen LogP contribution >= 0.6 is 0 Å². The summed E-state index contributed by atoms with van der Waals surface area (Å²) in [6.07, 6.45) is 11.0. The molecule has 1 aliphatic carbocycles. The molecule has 6 N–H and O–H groups in total. The fraction of sp³-hybridized carbons (Fsp3) is 0.786. The first-order valence-corrected chi connectivity index (χ1v) is 7.41. The third kappa shape index (κ3) is 2.49. The third-order valence-electron chi connectivity index (χ3n) is 5.11. The number of nitrogens with two attached hydrogens (primary N) is 2. The van der Waals surface area contributed by atoms with Gasteiger partial charge in [0.1, 0.15) is 5.84 Å². The molecule has 106 valence electrons. The van der Waals surface area contributed by atoms with Crippen molar-refractivity contribution in [3.05, 3.63) is 12.3 Å². The lowest BCUT2D eigenvalue weighted by atomic mass is 9.65. The molecule has 1 atom stereocenters. The highest BCUT2D eigenvalue weighted by atomic mass is 15.3. The molecule has 0 bridgehead atoms. The Hall–Kier alpha value is -1.07. The second-order valence-electron chi connectivity index (χ2n) is 6.39. The molecule has 3 rings (SSSR count). The van der Waals surface area contributed by atoms with Gasteiger partial charge in [-0.3, -0.25) is 5.73 Å². The fourth-order valence-corrected chi connectivity index (χ4v) is 3.88. The van der Waals surface area contributed by atoms with Crippen LogP contribution in [-0.2, 0) is 0 Å². The van der Waals surface area contributed by atoms with E-state index < -0.39 is 5.79 Å². The van der Waals surface area contributed by atoms with Crippen molar-refractivity contribution in [3.63, 3.8) is 0 Å². The maximum absolute atomic E-state index is 6.40. The molecule has 2 aliphatic heterocycles. The van der Waals surface area contributed by atoms with Gasteiger partial charge >= 0.3 is 0 Å². The van der Waals surface area contributed by atoms with Crippen molar-refractivity contribution in [1.82, 2.24) is 10.6 Å². The molecular formula is C14H25N5. The smallest absolute Gasteiger partial charge is 0.186 e. The largest absolute Gasteiger partial charge is 0.384 e. The number of rotatable bonds is 1. The maximum atomic E-state index is 6.40. The molecule has 3 aliphatic rings. The number of nitrogens with one attached hydrogen (secondary N) is 2. The Labute approximate surface area is 114 Å². The predicted molar refractivity (Wildman–Crippen MR) is 77.3 cm³/mol. The summed E-state index contributed by atoms with van der Waals surface area (Å²) in [7, 11) is 0. The lowest BCUT2D eigenvalue weighted by molar-refractivity contribution is 0.0738. The van der Waals surface area contributed by atoms with Crippen LogP contribution < -0.4 is 22.1 Å². The first-order valence-electron chi connectivity index (χ1n) is 7.41. The van der Waals surface area contributed by atoms with Crippen LogP contribution in [0.2, 0.25) is 0 Å². The van der Waals surface area contributed by atoms with Crippen molar-refractivity contribution in [2.75, 3.05) is 13.1 Å². The summed E-state index contributed by atoms with van der Waals surface area (Å²) in [6, 6.07) is 0. The van der Waals surface area contributed by atoms with Gasteiger partial charge in [-0.05, 0) is 56.6 Å². The van der Waals surface area contributed by atoms with Crippen LogP contribution in [0.4, 0.5) is 0 Å². The van der Waals surface area contributed by atoms with E-state index in [9.17, 15) is 0 Å². The minimum Gasteiger partial charge on any atom is -0.384 e. The van der Waals surface area contributed by atoms with E-state index in [1.54, 1.807) is 6.08 Å². The Morgan fingerprint density at radius 3 is 2.68 bits per heavy atom. The van der Waals surface area contributed by atoms with Gasteiger partial charge in [-0.1, -0.05) is 0 Å². The number of aliphatic imine (C=N–C) groups is 1. The zero-order chi connectivity index (χ0) is 13.3. The summed E-state index contributed by atoms with van der Waals surface area (Å²) in [5, 5.41) is 6.75. The first kappa shape index (κ1) is 12.9. The van der Waals surface area contributed by atoms with Crippen molar-refractivity contribution < 1.29 is 0 Å².